The molecule has 2 N–H and O–H groups in total. The van der Waals surface area contributed by atoms with E-state index < -0.39 is 0 Å². The van der Waals surface area contributed by atoms with Gasteiger partial charge < -0.3 is 20.4 Å². The summed E-state index contributed by atoms with van der Waals surface area (Å²) in [5.41, 5.74) is 2.35. The van der Waals surface area contributed by atoms with Crippen molar-refractivity contribution in [2.75, 3.05) is 19.6 Å². The van der Waals surface area contributed by atoms with Crippen LogP contribution in [-0.2, 0) is 17.9 Å². The van der Waals surface area contributed by atoms with Crippen LogP contribution in [0.15, 0.2) is 24.3 Å². The number of hydrogen-bond acceptors (Lipinski definition) is 4. The molecular weight excluding hydrogens is 358 g/mol. The predicted octanol–water partition coefficient (Wildman–Crippen LogP) is 1.76. The van der Waals surface area contributed by atoms with Gasteiger partial charge >= 0.3 is 0 Å². The Morgan fingerprint density at radius 3 is 2.63 bits per heavy atom. The Morgan fingerprint density at radius 2 is 2.00 bits per heavy atom. The van der Waals surface area contributed by atoms with Crippen molar-refractivity contribution >= 4 is 23.2 Å². The third-order valence-electron chi connectivity index (χ3n) is 5.25. The third kappa shape index (κ3) is 4.76. The molecule has 2 aliphatic heterocycles. The number of nitrogens with zero attached hydrogens (tertiary/aromatic N) is 3. The number of likely N-dealkylation sites (tertiary alicyclic amines) is 1. The second kappa shape index (κ2) is 8.24. The monoisotopic (exact) mass is 385 g/mol. The van der Waals surface area contributed by atoms with Crippen LogP contribution in [0.1, 0.15) is 37.8 Å². The number of amides is 1. The van der Waals surface area contributed by atoms with E-state index in [1.165, 1.54) is 11.1 Å². The molecule has 6 nitrogen and oxygen atoms in total. The minimum Gasteiger partial charge on any atom is -0.361 e. The first-order valence-corrected chi connectivity index (χ1v) is 9.84. The molecule has 144 valence electrons. The summed E-state index contributed by atoms with van der Waals surface area (Å²) < 4.78 is 0. The number of thiocarbonyl (C=S) groups is 1. The number of nitrogens with one attached hydrogen (secondary N) is 2. The highest BCUT2D eigenvalue weighted by Gasteiger charge is 2.29. The standard InChI is InChI=1S/C20H27N5OS/c1-20(2,23-11-18(26)25-9-5-8-17(25)10-21)14-22-19(27)24-12-15-6-3-4-7-16(15)13-24/h3-4,6-7,17,23H,5,8-9,11-14H2,1-2H3,(H,22,27)/t17-/m0/s1. The molecule has 0 saturated carbocycles. The first-order valence-electron chi connectivity index (χ1n) is 9.43. The SMILES string of the molecule is CC(C)(CNC(=S)N1Cc2ccccc2C1)NCC(=O)N1CCC[C@H]1C#N. The summed E-state index contributed by atoms with van der Waals surface area (Å²) in [6, 6.07) is 10.3. The number of fused-ring (bicyclic) bond motifs is 1. The molecule has 0 bridgehead atoms. The van der Waals surface area contributed by atoms with Crippen LogP contribution in [0.2, 0.25) is 0 Å². The Balaban J connectivity index is 1.44. The summed E-state index contributed by atoms with van der Waals surface area (Å²) in [6.07, 6.45) is 1.68. The molecule has 3 rings (SSSR count). The van der Waals surface area contributed by atoms with Crippen LogP contribution in [0, 0.1) is 11.3 Å². The Morgan fingerprint density at radius 1 is 1.33 bits per heavy atom. The normalized spacial score (nSPS) is 18.9. The highest BCUT2D eigenvalue weighted by Crippen LogP contribution is 2.22. The lowest BCUT2D eigenvalue weighted by atomic mass is 10.1. The third-order valence-corrected chi connectivity index (χ3v) is 5.65. The van der Waals surface area contributed by atoms with Crippen molar-refractivity contribution in [3.05, 3.63) is 35.4 Å². The van der Waals surface area contributed by atoms with Gasteiger partial charge in [-0.25, -0.2) is 0 Å². The van der Waals surface area contributed by atoms with Crippen molar-refractivity contribution in [1.82, 2.24) is 20.4 Å². The Bertz CT molecular complexity index is 732. The van der Waals surface area contributed by atoms with Gasteiger partial charge in [-0.2, -0.15) is 5.26 Å². The van der Waals surface area contributed by atoms with Crippen LogP contribution in [0.3, 0.4) is 0 Å². The maximum absolute atomic E-state index is 12.4. The molecule has 2 heterocycles. The molecule has 0 radical (unpaired) electrons. The van der Waals surface area contributed by atoms with Gasteiger partial charge in [0.25, 0.3) is 0 Å². The lowest BCUT2D eigenvalue weighted by Gasteiger charge is -2.30. The molecule has 0 aliphatic carbocycles. The Labute approximate surface area is 166 Å². The van der Waals surface area contributed by atoms with Gasteiger partial charge in [-0.3, -0.25) is 4.79 Å². The van der Waals surface area contributed by atoms with Crippen LogP contribution in [0.5, 0.6) is 0 Å². The highest BCUT2D eigenvalue weighted by molar-refractivity contribution is 7.80. The van der Waals surface area contributed by atoms with E-state index in [1.807, 2.05) is 13.8 Å². The average Bonchev–Trinajstić information content (AvgIpc) is 3.30. The van der Waals surface area contributed by atoms with Gasteiger partial charge in [0.2, 0.25) is 5.91 Å². The van der Waals surface area contributed by atoms with Gasteiger partial charge in [-0.05, 0) is 50.0 Å². The minimum atomic E-state index is -0.297. The smallest absolute Gasteiger partial charge is 0.237 e. The van der Waals surface area contributed by atoms with E-state index in [0.29, 0.717) is 13.1 Å². The molecule has 1 atom stereocenters. The van der Waals surface area contributed by atoms with Gasteiger partial charge in [0, 0.05) is 31.7 Å². The highest BCUT2D eigenvalue weighted by atomic mass is 32.1. The maximum atomic E-state index is 12.4. The van der Waals surface area contributed by atoms with Crippen molar-refractivity contribution in [3.63, 3.8) is 0 Å². The second-order valence-electron chi connectivity index (χ2n) is 7.90. The topological polar surface area (TPSA) is 71.4 Å². The van der Waals surface area contributed by atoms with Crippen LogP contribution < -0.4 is 10.6 Å². The van der Waals surface area contributed by atoms with Crippen LogP contribution in [0.25, 0.3) is 0 Å². The van der Waals surface area contributed by atoms with Gasteiger partial charge in [0.15, 0.2) is 5.11 Å². The zero-order valence-electron chi connectivity index (χ0n) is 16.0. The van der Waals surface area contributed by atoms with Crippen LogP contribution in [-0.4, -0.2) is 52.0 Å². The summed E-state index contributed by atoms with van der Waals surface area (Å²) in [5.74, 6) is -0.00954. The minimum absolute atomic E-state index is 0.00954. The maximum Gasteiger partial charge on any atom is 0.237 e. The van der Waals surface area contributed by atoms with Crippen molar-refractivity contribution in [1.29, 1.82) is 5.26 Å². The summed E-state index contributed by atoms with van der Waals surface area (Å²) in [4.78, 5) is 16.2. The number of hydrogen-bond donors (Lipinski definition) is 2. The molecular formula is C20H27N5OS. The Hall–Kier alpha value is -2.17. The molecule has 1 aromatic rings. The largest absolute Gasteiger partial charge is 0.361 e. The molecule has 1 amide bonds. The average molecular weight is 386 g/mol. The van der Waals surface area contributed by atoms with Gasteiger partial charge in [0.05, 0.1) is 12.6 Å². The fraction of sp³-hybridized carbons (Fsp3) is 0.550. The van der Waals surface area contributed by atoms with Crippen molar-refractivity contribution in [2.24, 2.45) is 0 Å². The fourth-order valence-corrected chi connectivity index (χ4v) is 3.76. The fourth-order valence-electron chi connectivity index (χ4n) is 3.56. The molecule has 1 aromatic carbocycles. The van der Waals surface area contributed by atoms with Gasteiger partial charge in [0.1, 0.15) is 6.04 Å². The number of nitriles is 1. The number of carbonyl (C=O) groups is 1. The van der Waals surface area contributed by atoms with Crippen molar-refractivity contribution < 1.29 is 4.79 Å². The quantitative estimate of drug-likeness (QED) is 0.753. The van der Waals surface area contributed by atoms with E-state index in [0.717, 1.165) is 31.0 Å². The van der Waals surface area contributed by atoms with Gasteiger partial charge in [-0.1, -0.05) is 24.3 Å². The molecule has 1 fully saturated rings. The lowest BCUT2D eigenvalue weighted by molar-refractivity contribution is -0.130. The van der Waals surface area contributed by atoms with Crippen molar-refractivity contribution in [2.45, 2.75) is 51.4 Å². The van der Waals surface area contributed by atoms with E-state index in [-0.39, 0.29) is 24.0 Å². The zero-order valence-corrected chi connectivity index (χ0v) is 16.8. The van der Waals surface area contributed by atoms with E-state index in [9.17, 15) is 4.79 Å². The number of carbonyl (C=O) groups excluding carboxylic acids is 1. The molecule has 0 aromatic heterocycles. The number of benzene rings is 1. The molecule has 27 heavy (non-hydrogen) atoms. The number of rotatable bonds is 5. The van der Waals surface area contributed by atoms with E-state index >= 15 is 0 Å². The van der Waals surface area contributed by atoms with E-state index in [4.69, 9.17) is 17.5 Å². The summed E-state index contributed by atoms with van der Waals surface area (Å²) in [6.45, 7) is 7.28. The van der Waals surface area contributed by atoms with Crippen LogP contribution >= 0.6 is 12.2 Å². The molecule has 2 aliphatic rings. The predicted molar refractivity (Wildman–Crippen MR) is 109 cm³/mol. The van der Waals surface area contributed by atoms with Crippen LogP contribution in [0.4, 0.5) is 0 Å². The molecule has 1 saturated heterocycles. The van der Waals surface area contributed by atoms with Gasteiger partial charge in [-0.15, -0.1) is 0 Å². The van der Waals surface area contributed by atoms with Crippen molar-refractivity contribution in [3.8, 4) is 6.07 Å². The summed E-state index contributed by atoms with van der Waals surface area (Å²) >= 11 is 5.56. The summed E-state index contributed by atoms with van der Waals surface area (Å²) in [5, 5.41) is 16.5. The molecule has 7 heteroatoms. The Kier molecular flexibility index (Phi) is 5.98. The lowest BCUT2D eigenvalue weighted by Crippen LogP contribution is -2.54. The molecule has 0 unspecified atom stereocenters. The molecule has 0 spiro atoms. The zero-order chi connectivity index (χ0) is 19.4. The van der Waals surface area contributed by atoms with E-state index in [2.05, 4.69) is 45.9 Å². The summed E-state index contributed by atoms with van der Waals surface area (Å²) in [7, 11) is 0. The first-order chi connectivity index (χ1) is 12.9. The first kappa shape index (κ1) is 19.6. The second-order valence-corrected chi connectivity index (χ2v) is 8.28. The van der Waals surface area contributed by atoms with E-state index in [1.54, 1.807) is 4.90 Å².